The molecule has 0 saturated carbocycles. The topological polar surface area (TPSA) is 41.1 Å². The highest BCUT2D eigenvalue weighted by Crippen LogP contribution is 2.21. The summed E-state index contributed by atoms with van der Waals surface area (Å²) in [5, 5.41) is 10.8. The summed E-state index contributed by atoms with van der Waals surface area (Å²) in [6.45, 7) is 1.88. The largest absolute Gasteiger partial charge is 0.359 e. The Morgan fingerprint density at radius 3 is 1.70 bits per heavy atom. The van der Waals surface area contributed by atoms with Gasteiger partial charge in [-0.05, 0) is 52.7 Å². The number of hydrogen-bond donors (Lipinski definition) is 2. The minimum absolute atomic E-state index is 0.156. The first-order valence-electron chi connectivity index (χ1n) is 8.91. The van der Waals surface area contributed by atoms with Gasteiger partial charge >= 0.3 is 0 Å². The van der Waals surface area contributed by atoms with E-state index < -0.39 is 0 Å². The van der Waals surface area contributed by atoms with Crippen molar-refractivity contribution in [2.24, 2.45) is 0 Å². The maximum atomic E-state index is 12.3. The molecule has 0 aromatic heterocycles. The molecule has 0 spiro atoms. The fraction of sp³-hybridized carbons (Fsp3) is 0.0417. The maximum Gasteiger partial charge on any atom is 0.250 e. The van der Waals surface area contributed by atoms with E-state index in [1.54, 1.807) is 6.08 Å². The van der Waals surface area contributed by atoms with Crippen LogP contribution >= 0.6 is 0 Å². The normalized spacial score (nSPS) is 11.5. The first-order chi connectivity index (χ1) is 13.2. The Hall–Kier alpha value is -3.59. The lowest BCUT2D eigenvalue weighted by atomic mass is 10.1. The number of rotatable bonds is 4. The van der Waals surface area contributed by atoms with Gasteiger partial charge in [-0.3, -0.25) is 4.79 Å². The molecule has 3 heteroatoms. The molecule has 3 nitrogen and oxygen atoms in total. The van der Waals surface area contributed by atoms with Crippen molar-refractivity contribution >= 4 is 38.8 Å². The molecular formula is C24H20N2O. The summed E-state index contributed by atoms with van der Waals surface area (Å²) in [4.78, 5) is 12.3. The molecule has 0 aliphatic heterocycles. The monoisotopic (exact) mass is 352 g/mol. The van der Waals surface area contributed by atoms with E-state index >= 15 is 0 Å². The average Bonchev–Trinajstić information content (AvgIpc) is 2.67. The van der Waals surface area contributed by atoms with Gasteiger partial charge in [0.15, 0.2) is 0 Å². The Bertz CT molecular complexity index is 1160. The summed E-state index contributed by atoms with van der Waals surface area (Å²) in [6, 6.07) is 28.4. The summed E-state index contributed by atoms with van der Waals surface area (Å²) >= 11 is 0. The number of carbonyl (C=O) groups excluding carboxylic acids is 1. The maximum absolute atomic E-state index is 12.3. The summed E-state index contributed by atoms with van der Waals surface area (Å²) in [5.41, 5.74) is 2.53. The lowest BCUT2D eigenvalue weighted by Crippen LogP contribution is -2.10. The van der Waals surface area contributed by atoms with E-state index in [0.717, 1.165) is 33.2 Å². The van der Waals surface area contributed by atoms with Crippen molar-refractivity contribution < 1.29 is 4.79 Å². The predicted molar refractivity (Wildman–Crippen MR) is 114 cm³/mol. The fourth-order valence-corrected chi connectivity index (χ4v) is 3.17. The van der Waals surface area contributed by atoms with E-state index in [4.69, 9.17) is 0 Å². The predicted octanol–water partition coefficient (Wildman–Crippen LogP) is 5.95. The molecule has 0 atom stereocenters. The molecule has 4 aromatic carbocycles. The van der Waals surface area contributed by atoms with Gasteiger partial charge < -0.3 is 10.6 Å². The molecule has 0 unspecified atom stereocenters. The van der Waals surface area contributed by atoms with Gasteiger partial charge in [0.2, 0.25) is 5.91 Å². The minimum Gasteiger partial charge on any atom is -0.359 e. The number of benzene rings is 4. The number of allylic oxidation sites excluding steroid dienone is 1. The van der Waals surface area contributed by atoms with Gasteiger partial charge in [-0.25, -0.2) is 0 Å². The van der Waals surface area contributed by atoms with E-state index in [0.29, 0.717) is 0 Å². The highest BCUT2D eigenvalue weighted by molar-refractivity contribution is 6.01. The number of hydrogen-bond acceptors (Lipinski definition) is 2. The first kappa shape index (κ1) is 16.9. The van der Waals surface area contributed by atoms with Gasteiger partial charge in [-0.15, -0.1) is 0 Å². The SMILES string of the molecule is C/C(=C/C(=O)Nc1ccc2ccccc2c1)Nc1ccc2ccccc2c1. The van der Waals surface area contributed by atoms with Crippen LogP contribution in [0.1, 0.15) is 6.92 Å². The van der Waals surface area contributed by atoms with Crippen LogP contribution in [0, 0.1) is 0 Å². The molecule has 1 amide bonds. The second-order valence-electron chi connectivity index (χ2n) is 6.57. The molecule has 4 rings (SSSR count). The van der Waals surface area contributed by atoms with Crippen LogP contribution in [0.2, 0.25) is 0 Å². The van der Waals surface area contributed by atoms with Crippen LogP contribution in [0.15, 0.2) is 96.7 Å². The van der Waals surface area contributed by atoms with E-state index in [1.807, 2.05) is 61.5 Å². The number of amides is 1. The third-order valence-electron chi connectivity index (χ3n) is 4.46. The van der Waals surface area contributed by atoms with Crippen LogP contribution in [0.5, 0.6) is 0 Å². The average molecular weight is 352 g/mol. The van der Waals surface area contributed by atoms with Crippen LogP contribution in [0.3, 0.4) is 0 Å². The quantitative estimate of drug-likeness (QED) is 0.446. The van der Waals surface area contributed by atoms with Crippen molar-refractivity contribution in [3.63, 3.8) is 0 Å². The summed E-state index contributed by atoms with van der Waals surface area (Å²) in [7, 11) is 0. The van der Waals surface area contributed by atoms with Crippen LogP contribution < -0.4 is 10.6 Å². The van der Waals surface area contributed by atoms with E-state index in [2.05, 4.69) is 41.0 Å². The van der Waals surface area contributed by atoms with Crippen LogP contribution in [-0.4, -0.2) is 5.91 Å². The Morgan fingerprint density at radius 2 is 1.15 bits per heavy atom. The number of anilines is 2. The van der Waals surface area contributed by atoms with Crippen molar-refractivity contribution in [2.45, 2.75) is 6.92 Å². The zero-order valence-corrected chi connectivity index (χ0v) is 15.1. The highest BCUT2D eigenvalue weighted by atomic mass is 16.1. The molecule has 0 saturated heterocycles. The lowest BCUT2D eigenvalue weighted by molar-refractivity contribution is -0.111. The zero-order valence-electron chi connectivity index (χ0n) is 15.1. The molecule has 2 N–H and O–H groups in total. The Morgan fingerprint density at radius 1 is 0.667 bits per heavy atom. The van der Waals surface area contributed by atoms with Gasteiger partial charge in [0.25, 0.3) is 0 Å². The van der Waals surface area contributed by atoms with Crippen LogP contribution in [-0.2, 0) is 4.79 Å². The third-order valence-corrected chi connectivity index (χ3v) is 4.46. The van der Waals surface area contributed by atoms with Crippen molar-refractivity contribution in [1.29, 1.82) is 0 Å². The van der Waals surface area contributed by atoms with Crippen molar-refractivity contribution in [3.8, 4) is 0 Å². The Kier molecular flexibility index (Phi) is 4.58. The van der Waals surface area contributed by atoms with Crippen molar-refractivity contribution in [1.82, 2.24) is 0 Å². The molecule has 132 valence electrons. The number of fused-ring (bicyclic) bond motifs is 2. The summed E-state index contributed by atoms with van der Waals surface area (Å²) in [5.74, 6) is -0.156. The smallest absolute Gasteiger partial charge is 0.250 e. The fourth-order valence-electron chi connectivity index (χ4n) is 3.17. The molecule has 0 aliphatic rings. The standard InChI is InChI=1S/C24H20N2O/c1-17(25-22-12-10-18-6-2-4-8-20(18)15-22)14-24(27)26-23-13-11-19-7-3-5-9-21(19)16-23/h2-16,25H,1H3,(H,26,27)/b17-14-. The molecule has 0 radical (unpaired) electrons. The van der Waals surface area contributed by atoms with Gasteiger partial charge in [-0.1, -0.05) is 60.7 Å². The summed E-state index contributed by atoms with van der Waals surface area (Å²) < 4.78 is 0. The van der Waals surface area contributed by atoms with Crippen LogP contribution in [0.4, 0.5) is 11.4 Å². The third kappa shape index (κ3) is 3.98. The molecular weight excluding hydrogens is 332 g/mol. The minimum atomic E-state index is -0.156. The van der Waals surface area contributed by atoms with Gasteiger partial charge in [0.1, 0.15) is 0 Å². The second kappa shape index (κ2) is 7.34. The van der Waals surface area contributed by atoms with E-state index in [9.17, 15) is 4.79 Å². The molecule has 0 heterocycles. The van der Waals surface area contributed by atoms with Gasteiger partial charge in [0, 0.05) is 23.1 Å². The van der Waals surface area contributed by atoms with Crippen molar-refractivity contribution in [3.05, 3.63) is 96.7 Å². The molecule has 27 heavy (non-hydrogen) atoms. The highest BCUT2D eigenvalue weighted by Gasteiger charge is 2.02. The molecule has 4 aromatic rings. The Balaban J connectivity index is 1.46. The van der Waals surface area contributed by atoms with Gasteiger partial charge in [0.05, 0.1) is 0 Å². The molecule has 0 fully saturated rings. The zero-order chi connectivity index (χ0) is 18.6. The molecule has 0 bridgehead atoms. The molecule has 0 aliphatic carbocycles. The second-order valence-corrected chi connectivity index (χ2v) is 6.57. The van der Waals surface area contributed by atoms with Crippen molar-refractivity contribution in [2.75, 3.05) is 10.6 Å². The first-order valence-corrected chi connectivity index (χ1v) is 8.91. The number of carbonyl (C=O) groups is 1. The van der Waals surface area contributed by atoms with Crippen LogP contribution in [0.25, 0.3) is 21.5 Å². The lowest BCUT2D eigenvalue weighted by Gasteiger charge is -2.09. The number of nitrogens with one attached hydrogen (secondary N) is 2. The van der Waals surface area contributed by atoms with E-state index in [-0.39, 0.29) is 5.91 Å². The van der Waals surface area contributed by atoms with E-state index in [1.165, 1.54) is 5.39 Å². The summed E-state index contributed by atoms with van der Waals surface area (Å²) in [6.07, 6.45) is 1.57. The Labute approximate surface area is 158 Å². The van der Waals surface area contributed by atoms with Gasteiger partial charge in [-0.2, -0.15) is 0 Å².